The van der Waals surface area contributed by atoms with E-state index in [-0.39, 0.29) is 5.75 Å². The lowest BCUT2D eigenvalue weighted by molar-refractivity contribution is 0.475. The molecule has 1 aromatic carbocycles. The topological polar surface area (TPSA) is 85.6 Å². The minimum atomic E-state index is 0.174. The molecule has 6 heteroatoms. The van der Waals surface area contributed by atoms with Crippen molar-refractivity contribution in [2.75, 3.05) is 0 Å². The molecule has 0 saturated carbocycles. The standard InChI is InChI=1S/C17H10N4OS/c18-8-12-15(14-2-1-7-23-14)13-9-19-21-17(13)20-16(12)10-3-5-11(22)6-4-10/h1-7,9,22H,(H,19,20,21). The number of benzene rings is 1. The van der Waals surface area contributed by atoms with Gasteiger partial charge in [-0.25, -0.2) is 4.98 Å². The Morgan fingerprint density at radius 1 is 1.17 bits per heavy atom. The van der Waals surface area contributed by atoms with Crippen LogP contribution in [0.1, 0.15) is 5.56 Å². The van der Waals surface area contributed by atoms with E-state index in [1.54, 1.807) is 41.8 Å². The van der Waals surface area contributed by atoms with E-state index in [2.05, 4.69) is 21.3 Å². The maximum absolute atomic E-state index is 9.75. The summed E-state index contributed by atoms with van der Waals surface area (Å²) in [5.74, 6) is 0.174. The third-order valence-corrected chi connectivity index (χ3v) is 4.51. The second-order valence-corrected chi connectivity index (χ2v) is 5.93. The summed E-state index contributed by atoms with van der Waals surface area (Å²) in [5.41, 5.74) is 3.33. The van der Waals surface area contributed by atoms with Gasteiger partial charge in [-0.15, -0.1) is 11.3 Å². The monoisotopic (exact) mass is 318 g/mol. The van der Waals surface area contributed by atoms with Gasteiger partial charge in [0.1, 0.15) is 11.8 Å². The average molecular weight is 318 g/mol. The number of pyridine rings is 1. The average Bonchev–Trinajstić information content (AvgIpc) is 3.25. The Balaban J connectivity index is 2.09. The van der Waals surface area contributed by atoms with Crippen molar-refractivity contribution < 1.29 is 5.11 Å². The van der Waals surface area contributed by atoms with Crippen molar-refractivity contribution in [1.29, 1.82) is 5.26 Å². The fraction of sp³-hybridized carbons (Fsp3) is 0. The Morgan fingerprint density at radius 3 is 2.70 bits per heavy atom. The largest absolute Gasteiger partial charge is 0.508 e. The summed E-state index contributed by atoms with van der Waals surface area (Å²) < 4.78 is 0. The molecule has 0 aliphatic carbocycles. The van der Waals surface area contributed by atoms with Gasteiger partial charge in [0.25, 0.3) is 0 Å². The third kappa shape index (κ3) is 2.15. The van der Waals surface area contributed by atoms with Gasteiger partial charge in [0.2, 0.25) is 0 Å². The molecule has 0 aliphatic heterocycles. The van der Waals surface area contributed by atoms with Crippen molar-refractivity contribution in [3.63, 3.8) is 0 Å². The SMILES string of the molecule is N#Cc1c(-c2ccc(O)cc2)nc2[nH]ncc2c1-c1cccs1. The summed E-state index contributed by atoms with van der Waals surface area (Å²) in [6.45, 7) is 0. The molecule has 2 N–H and O–H groups in total. The van der Waals surface area contributed by atoms with Crippen LogP contribution in [0.3, 0.4) is 0 Å². The van der Waals surface area contributed by atoms with Crippen molar-refractivity contribution in [3.05, 3.63) is 53.5 Å². The van der Waals surface area contributed by atoms with Crippen LogP contribution in [-0.2, 0) is 0 Å². The molecule has 0 fully saturated rings. The number of aromatic amines is 1. The minimum absolute atomic E-state index is 0.174. The molecule has 0 radical (unpaired) electrons. The van der Waals surface area contributed by atoms with Gasteiger partial charge in [-0.05, 0) is 35.7 Å². The Morgan fingerprint density at radius 2 is 2.00 bits per heavy atom. The van der Waals surface area contributed by atoms with Crippen LogP contribution in [0, 0.1) is 11.3 Å². The van der Waals surface area contributed by atoms with E-state index in [4.69, 9.17) is 0 Å². The number of hydrogen-bond donors (Lipinski definition) is 2. The molecule has 0 amide bonds. The molecule has 5 nitrogen and oxygen atoms in total. The number of nitrogens with one attached hydrogen (secondary N) is 1. The number of aromatic nitrogens is 3. The van der Waals surface area contributed by atoms with E-state index in [9.17, 15) is 10.4 Å². The Bertz CT molecular complexity index is 1030. The Labute approximate surface area is 135 Å². The van der Waals surface area contributed by atoms with Crippen LogP contribution in [0.2, 0.25) is 0 Å². The number of nitriles is 1. The number of hydrogen-bond acceptors (Lipinski definition) is 5. The second-order valence-electron chi connectivity index (χ2n) is 4.98. The van der Waals surface area contributed by atoms with Crippen molar-refractivity contribution in [3.8, 4) is 33.5 Å². The fourth-order valence-electron chi connectivity index (χ4n) is 2.58. The highest BCUT2D eigenvalue weighted by atomic mass is 32.1. The van der Waals surface area contributed by atoms with Gasteiger partial charge in [0.15, 0.2) is 5.65 Å². The van der Waals surface area contributed by atoms with Crippen LogP contribution in [0.15, 0.2) is 48.0 Å². The van der Waals surface area contributed by atoms with Gasteiger partial charge < -0.3 is 5.11 Å². The first-order valence-electron chi connectivity index (χ1n) is 6.88. The van der Waals surface area contributed by atoms with Crippen molar-refractivity contribution in [1.82, 2.24) is 15.2 Å². The van der Waals surface area contributed by atoms with Gasteiger partial charge in [0.05, 0.1) is 17.5 Å². The number of rotatable bonds is 2. The van der Waals surface area contributed by atoms with Crippen LogP contribution in [-0.4, -0.2) is 20.3 Å². The molecular weight excluding hydrogens is 308 g/mol. The number of aromatic hydroxyl groups is 1. The molecule has 3 heterocycles. The molecule has 4 rings (SSSR count). The molecule has 110 valence electrons. The molecule has 0 spiro atoms. The molecule has 0 bridgehead atoms. The first kappa shape index (κ1) is 13.5. The lowest BCUT2D eigenvalue weighted by atomic mass is 9.98. The number of phenolic OH excluding ortho intramolecular Hbond substituents is 1. The summed E-state index contributed by atoms with van der Waals surface area (Å²) >= 11 is 1.57. The zero-order valence-electron chi connectivity index (χ0n) is 11.8. The minimum Gasteiger partial charge on any atom is -0.508 e. The zero-order valence-corrected chi connectivity index (χ0v) is 12.6. The van der Waals surface area contributed by atoms with Crippen LogP contribution >= 0.6 is 11.3 Å². The predicted octanol–water partition coefficient (Wildman–Crippen LogP) is 3.93. The molecule has 0 unspecified atom stereocenters. The second kappa shape index (κ2) is 5.23. The number of fused-ring (bicyclic) bond motifs is 1. The van der Waals surface area contributed by atoms with E-state index in [0.29, 0.717) is 16.9 Å². The summed E-state index contributed by atoms with van der Waals surface area (Å²) in [6, 6.07) is 12.9. The van der Waals surface area contributed by atoms with Crippen molar-refractivity contribution in [2.24, 2.45) is 0 Å². The summed E-state index contributed by atoms with van der Waals surface area (Å²) in [5, 5.41) is 29.0. The molecule has 4 aromatic rings. The molecule has 0 aliphatic rings. The number of phenols is 1. The number of thiophene rings is 1. The van der Waals surface area contributed by atoms with E-state index < -0.39 is 0 Å². The van der Waals surface area contributed by atoms with E-state index in [1.807, 2.05) is 17.5 Å². The highest BCUT2D eigenvalue weighted by molar-refractivity contribution is 7.13. The zero-order chi connectivity index (χ0) is 15.8. The normalized spacial score (nSPS) is 10.7. The summed E-state index contributed by atoms with van der Waals surface area (Å²) in [4.78, 5) is 5.55. The van der Waals surface area contributed by atoms with Crippen LogP contribution in [0.4, 0.5) is 0 Å². The van der Waals surface area contributed by atoms with Gasteiger partial charge in [0, 0.05) is 21.4 Å². The highest BCUT2D eigenvalue weighted by Gasteiger charge is 2.19. The van der Waals surface area contributed by atoms with Crippen molar-refractivity contribution in [2.45, 2.75) is 0 Å². The van der Waals surface area contributed by atoms with Gasteiger partial charge in [-0.2, -0.15) is 10.4 Å². The molecular formula is C17H10N4OS. The molecule has 3 aromatic heterocycles. The summed E-state index contributed by atoms with van der Waals surface area (Å²) in [6.07, 6.45) is 1.69. The lowest BCUT2D eigenvalue weighted by Crippen LogP contribution is -1.94. The molecule has 23 heavy (non-hydrogen) atoms. The van der Waals surface area contributed by atoms with Gasteiger partial charge in [-0.3, -0.25) is 5.10 Å². The number of nitrogens with zero attached hydrogens (tertiary/aromatic N) is 3. The quantitative estimate of drug-likeness (QED) is 0.586. The highest BCUT2D eigenvalue weighted by Crippen LogP contribution is 2.38. The third-order valence-electron chi connectivity index (χ3n) is 3.62. The molecule has 0 atom stereocenters. The van der Waals surface area contributed by atoms with Gasteiger partial charge in [-0.1, -0.05) is 6.07 Å². The predicted molar refractivity (Wildman–Crippen MR) is 89.0 cm³/mol. The first-order valence-corrected chi connectivity index (χ1v) is 7.76. The van der Waals surface area contributed by atoms with Gasteiger partial charge >= 0.3 is 0 Å². The van der Waals surface area contributed by atoms with E-state index >= 15 is 0 Å². The van der Waals surface area contributed by atoms with E-state index in [1.165, 1.54) is 0 Å². The lowest BCUT2D eigenvalue weighted by Gasteiger charge is -2.09. The number of H-pyrrole nitrogens is 1. The van der Waals surface area contributed by atoms with Crippen LogP contribution < -0.4 is 0 Å². The Hall–Kier alpha value is -3.17. The van der Waals surface area contributed by atoms with Crippen molar-refractivity contribution >= 4 is 22.4 Å². The fourth-order valence-corrected chi connectivity index (χ4v) is 3.37. The van der Waals surface area contributed by atoms with Crippen LogP contribution in [0.25, 0.3) is 32.7 Å². The maximum Gasteiger partial charge on any atom is 0.156 e. The smallest absolute Gasteiger partial charge is 0.156 e. The van der Waals surface area contributed by atoms with E-state index in [0.717, 1.165) is 21.4 Å². The Kier molecular flexibility index (Phi) is 3.07. The van der Waals surface area contributed by atoms with Crippen LogP contribution in [0.5, 0.6) is 5.75 Å². The summed E-state index contributed by atoms with van der Waals surface area (Å²) in [7, 11) is 0. The maximum atomic E-state index is 9.75. The first-order chi connectivity index (χ1) is 11.3. The molecule has 0 saturated heterocycles.